The van der Waals surface area contributed by atoms with Gasteiger partial charge in [0.15, 0.2) is 5.52 Å². The number of aromatic nitrogens is 4. The van der Waals surface area contributed by atoms with E-state index in [1.54, 1.807) is 18.5 Å². The van der Waals surface area contributed by atoms with Crippen molar-refractivity contribution in [2.24, 2.45) is 0 Å². The number of fused-ring (bicyclic) bond motifs is 2. The topological polar surface area (TPSA) is 88.2 Å². The van der Waals surface area contributed by atoms with E-state index >= 15 is 0 Å². The van der Waals surface area contributed by atoms with Gasteiger partial charge < -0.3 is 20.5 Å². The lowest BCUT2D eigenvalue weighted by Gasteiger charge is -2.24. The summed E-state index contributed by atoms with van der Waals surface area (Å²) in [6, 6.07) is 15.4. The van der Waals surface area contributed by atoms with Gasteiger partial charge in [-0.15, -0.1) is 0 Å². The van der Waals surface area contributed by atoms with Gasteiger partial charge >= 0.3 is 5.95 Å². The van der Waals surface area contributed by atoms with Crippen LogP contribution in [-0.4, -0.2) is 34.6 Å². The van der Waals surface area contributed by atoms with E-state index in [4.69, 9.17) is 5.73 Å². The maximum Gasteiger partial charge on any atom is 0.344 e. The van der Waals surface area contributed by atoms with Crippen LogP contribution in [0.5, 0.6) is 0 Å². The lowest BCUT2D eigenvalue weighted by atomic mass is 10.1. The molecular formula is C23H25FN7+. The predicted octanol–water partition coefficient (Wildman–Crippen LogP) is 2.95. The molecule has 0 aliphatic carbocycles. The Morgan fingerprint density at radius 3 is 2.94 bits per heavy atom. The quantitative estimate of drug-likeness (QED) is 0.520. The minimum Gasteiger partial charge on any atom is -0.368 e. The van der Waals surface area contributed by atoms with Crippen molar-refractivity contribution < 1.29 is 9.37 Å². The normalized spacial score (nSPS) is 14.0. The first-order valence-corrected chi connectivity index (χ1v) is 10.5. The molecule has 0 saturated heterocycles. The Morgan fingerprint density at radius 1 is 1.13 bits per heavy atom. The molecule has 0 saturated carbocycles. The highest BCUT2D eigenvalue weighted by Crippen LogP contribution is 2.28. The molecule has 0 amide bonds. The van der Waals surface area contributed by atoms with E-state index in [1.165, 1.54) is 17.3 Å². The Hall–Kier alpha value is -3.68. The van der Waals surface area contributed by atoms with Crippen molar-refractivity contribution in [2.45, 2.75) is 19.4 Å². The smallest absolute Gasteiger partial charge is 0.344 e. The molecule has 4 N–H and O–H groups in total. The number of rotatable bonds is 5. The van der Waals surface area contributed by atoms with Gasteiger partial charge in [-0.1, -0.05) is 35.3 Å². The zero-order valence-corrected chi connectivity index (χ0v) is 17.2. The van der Waals surface area contributed by atoms with Crippen LogP contribution in [0, 0.1) is 5.82 Å². The summed E-state index contributed by atoms with van der Waals surface area (Å²) in [5, 5.41) is 0. The molecule has 3 heterocycles. The number of anilines is 3. The summed E-state index contributed by atoms with van der Waals surface area (Å²) in [6.07, 6.45) is 3.44. The van der Waals surface area contributed by atoms with Crippen molar-refractivity contribution in [1.82, 2.24) is 15.0 Å². The van der Waals surface area contributed by atoms with Gasteiger partial charge in [-0.2, -0.15) is 0 Å². The number of nitrogens with two attached hydrogens (primary N) is 1. The highest BCUT2D eigenvalue weighted by atomic mass is 19.1. The van der Waals surface area contributed by atoms with Gasteiger partial charge in [0.2, 0.25) is 11.5 Å². The summed E-state index contributed by atoms with van der Waals surface area (Å²) >= 11 is 0. The molecule has 0 fully saturated rings. The van der Waals surface area contributed by atoms with Crippen LogP contribution in [0.25, 0.3) is 11.2 Å². The molecule has 0 unspecified atom stereocenters. The van der Waals surface area contributed by atoms with Crippen molar-refractivity contribution in [3.05, 3.63) is 71.8 Å². The molecule has 0 spiro atoms. The van der Waals surface area contributed by atoms with E-state index in [9.17, 15) is 4.39 Å². The maximum absolute atomic E-state index is 13.5. The summed E-state index contributed by atoms with van der Waals surface area (Å²) in [7, 11) is 0. The molecule has 7 nitrogen and oxygen atoms in total. The van der Waals surface area contributed by atoms with E-state index in [0.717, 1.165) is 55.9 Å². The van der Waals surface area contributed by atoms with E-state index < -0.39 is 0 Å². The summed E-state index contributed by atoms with van der Waals surface area (Å²) in [6.45, 7) is 3.35. The van der Waals surface area contributed by atoms with E-state index in [2.05, 4.69) is 54.0 Å². The van der Waals surface area contributed by atoms with Crippen molar-refractivity contribution in [3.8, 4) is 0 Å². The summed E-state index contributed by atoms with van der Waals surface area (Å²) in [5.74, 6) is 1.07. The molecule has 158 valence electrons. The third kappa shape index (κ3) is 4.01. The largest absolute Gasteiger partial charge is 0.368 e. The molecule has 1 aliphatic heterocycles. The number of hydrogen-bond acceptors (Lipinski definition) is 5. The standard InChI is InChI=1S/C23H24FN7/c24-18-8-3-5-16(13-18)6-4-10-30-11-12-31(14-17-7-1-2-9-19(17)30)22-20-21(27-15-26-20)28-23(25)29-22/h1-3,5,7-9,13,15H,4,6,10-12,14H2,(H3,25,26,27,28,29)/p+1. The van der Waals surface area contributed by atoms with E-state index in [-0.39, 0.29) is 5.82 Å². The maximum atomic E-state index is 13.5. The van der Waals surface area contributed by atoms with Gasteiger partial charge in [-0.3, -0.25) is 0 Å². The van der Waals surface area contributed by atoms with Crippen LogP contribution in [0.2, 0.25) is 0 Å². The molecular weight excluding hydrogens is 393 g/mol. The average Bonchev–Trinajstić information content (AvgIpc) is 3.15. The van der Waals surface area contributed by atoms with Gasteiger partial charge in [-0.25, -0.2) is 14.4 Å². The fraction of sp³-hybridized carbons (Fsp3) is 0.261. The SMILES string of the molecule is Nc1nc2nc[nH]c2c(N2CCN(CCCc3cccc(F)c3)c3ccccc3C2)[nH+]1. The zero-order chi connectivity index (χ0) is 21.2. The van der Waals surface area contributed by atoms with E-state index in [0.29, 0.717) is 11.6 Å². The first-order chi connectivity index (χ1) is 15.2. The summed E-state index contributed by atoms with van der Waals surface area (Å²) < 4.78 is 13.5. The van der Waals surface area contributed by atoms with Gasteiger partial charge in [0, 0.05) is 24.3 Å². The van der Waals surface area contributed by atoms with Crippen molar-refractivity contribution in [3.63, 3.8) is 0 Å². The van der Waals surface area contributed by atoms with Gasteiger partial charge in [-0.05, 0) is 36.6 Å². The van der Waals surface area contributed by atoms with Gasteiger partial charge in [0.05, 0.1) is 19.4 Å². The van der Waals surface area contributed by atoms with E-state index in [1.807, 2.05) is 6.07 Å². The van der Waals surface area contributed by atoms with Crippen LogP contribution in [0.3, 0.4) is 0 Å². The summed E-state index contributed by atoms with van der Waals surface area (Å²) in [4.78, 5) is 19.6. The second kappa shape index (κ2) is 8.22. The zero-order valence-electron chi connectivity index (χ0n) is 17.2. The Morgan fingerprint density at radius 2 is 2.03 bits per heavy atom. The Bertz CT molecular complexity index is 1210. The third-order valence-corrected chi connectivity index (χ3v) is 5.76. The third-order valence-electron chi connectivity index (χ3n) is 5.76. The van der Waals surface area contributed by atoms with Gasteiger partial charge in [0.1, 0.15) is 5.82 Å². The number of hydrogen-bond donors (Lipinski definition) is 2. The molecule has 0 atom stereocenters. The minimum absolute atomic E-state index is 0.175. The van der Waals surface area contributed by atoms with Crippen molar-refractivity contribution >= 4 is 28.6 Å². The Labute approximate surface area is 179 Å². The van der Waals surface area contributed by atoms with Crippen LogP contribution in [0.4, 0.5) is 21.8 Å². The summed E-state index contributed by atoms with van der Waals surface area (Å²) in [5.41, 5.74) is 11.0. The molecule has 4 aromatic rings. The number of aromatic amines is 2. The number of benzene rings is 2. The van der Waals surface area contributed by atoms with Crippen LogP contribution in [-0.2, 0) is 13.0 Å². The van der Waals surface area contributed by atoms with Crippen molar-refractivity contribution in [2.75, 3.05) is 35.2 Å². The molecule has 5 rings (SSSR count). The number of nitrogens with one attached hydrogen (secondary N) is 2. The highest BCUT2D eigenvalue weighted by Gasteiger charge is 2.26. The molecule has 0 bridgehead atoms. The monoisotopic (exact) mass is 418 g/mol. The van der Waals surface area contributed by atoms with Crippen LogP contribution < -0.4 is 20.5 Å². The Balaban J connectivity index is 1.37. The molecule has 8 heteroatoms. The second-order valence-electron chi connectivity index (χ2n) is 7.84. The number of imidazole rings is 1. The van der Waals surface area contributed by atoms with Crippen LogP contribution in [0.1, 0.15) is 17.5 Å². The number of para-hydroxylation sites is 1. The second-order valence-corrected chi connectivity index (χ2v) is 7.84. The molecule has 2 aromatic carbocycles. The number of aryl methyl sites for hydroxylation is 1. The van der Waals surface area contributed by atoms with Crippen LogP contribution in [0.15, 0.2) is 54.9 Å². The molecule has 31 heavy (non-hydrogen) atoms. The number of halogens is 1. The Kier molecular flexibility index (Phi) is 5.11. The number of nitrogens with zero attached hydrogens (tertiary/aromatic N) is 4. The molecule has 0 radical (unpaired) electrons. The minimum atomic E-state index is -0.175. The average molecular weight is 419 g/mol. The first-order valence-electron chi connectivity index (χ1n) is 10.5. The molecule has 2 aromatic heterocycles. The first kappa shape index (κ1) is 19.3. The fourth-order valence-corrected chi connectivity index (χ4v) is 4.30. The number of nitrogen functional groups attached to an aromatic ring is 1. The highest BCUT2D eigenvalue weighted by molar-refractivity contribution is 5.81. The number of H-pyrrole nitrogens is 2. The van der Waals surface area contributed by atoms with Crippen molar-refractivity contribution in [1.29, 1.82) is 0 Å². The lowest BCUT2D eigenvalue weighted by Crippen LogP contribution is -2.35. The fourth-order valence-electron chi connectivity index (χ4n) is 4.30. The lowest BCUT2D eigenvalue weighted by molar-refractivity contribution is -0.348. The van der Waals surface area contributed by atoms with Gasteiger partial charge in [0.25, 0.3) is 0 Å². The molecule has 1 aliphatic rings. The van der Waals surface area contributed by atoms with Crippen LogP contribution >= 0.6 is 0 Å². The predicted molar refractivity (Wildman–Crippen MR) is 119 cm³/mol.